The summed E-state index contributed by atoms with van der Waals surface area (Å²) >= 11 is 0. The Kier molecular flexibility index (Phi) is 2.95. The largest absolute Gasteiger partial charge is 0.347 e. The molecule has 1 aliphatic heterocycles. The standard InChI is InChI=1S/C9H12O4/c1-9(2)12-6-8(13-9)7(11)4-3-5-10/h3-5,8H,6H2,1-2H3/b4-3+. The van der Waals surface area contributed by atoms with Crippen molar-refractivity contribution in [3.63, 3.8) is 0 Å². The average Bonchev–Trinajstić information content (AvgIpc) is 2.42. The first-order chi connectivity index (χ1) is 6.05. The van der Waals surface area contributed by atoms with Gasteiger partial charge in [-0.1, -0.05) is 0 Å². The third-order valence-electron chi connectivity index (χ3n) is 1.66. The van der Waals surface area contributed by atoms with Crippen molar-refractivity contribution in [2.75, 3.05) is 6.61 Å². The van der Waals surface area contributed by atoms with Crippen LogP contribution in [0.25, 0.3) is 0 Å². The van der Waals surface area contributed by atoms with E-state index in [9.17, 15) is 9.59 Å². The van der Waals surface area contributed by atoms with Gasteiger partial charge in [0.1, 0.15) is 12.4 Å². The van der Waals surface area contributed by atoms with Crippen molar-refractivity contribution < 1.29 is 19.1 Å². The number of hydrogen-bond donors (Lipinski definition) is 0. The molecule has 0 amide bonds. The second kappa shape index (κ2) is 3.81. The lowest BCUT2D eigenvalue weighted by molar-refractivity contribution is -0.149. The van der Waals surface area contributed by atoms with Crippen LogP contribution in [-0.2, 0) is 19.1 Å². The zero-order valence-electron chi connectivity index (χ0n) is 7.65. The number of aldehydes is 1. The van der Waals surface area contributed by atoms with Crippen molar-refractivity contribution in [3.8, 4) is 0 Å². The molecular formula is C9H12O4. The third kappa shape index (κ3) is 2.75. The number of ether oxygens (including phenoxy) is 2. The lowest BCUT2D eigenvalue weighted by atomic mass is 10.2. The molecule has 1 rings (SSSR count). The van der Waals surface area contributed by atoms with E-state index in [4.69, 9.17) is 9.47 Å². The second-order valence-electron chi connectivity index (χ2n) is 3.21. The first-order valence-corrected chi connectivity index (χ1v) is 4.02. The van der Waals surface area contributed by atoms with E-state index in [0.717, 1.165) is 6.08 Å². The summed E-state index contributed by atoms with van der Waals surface area (Å²) in [5.41, 5.74) is 0. The van der Waals surface area contributed by atoms with Crippen LogP contribution in [0, 0.1) is 0 Å². The number of hydrogen-bond acceptors (Lipinski definition) is 4. The maximum absolute atomic E-state index is 11.2. The van der Waals surface area contributed by atoms with Crippen molar-refractivity contribution in [1.29, 1.82) is 0 Å². The molecule has 13 heavy (non-hydrogen) atoms. The highest BCUT2D eigenvalue weighted by Crippen LogP contribution is 2.22. The van der Waals surface area contributed by atoms with Gasteiger partial charge in [0.05, 0.1) is 6.61 Å². The Balaban J connectivity index is 2.51. The van der Waals surface area contributed by atoms with Crippen LogP contribution in [0.4, 0.5) is 0 Å². The van der Waals surface area contributed by atoms with E-state index in [2.05, 4.69) is 0 Å². The zero-order valence-corrected chi connectivity index (χ0v) is 7.65. The van der Waals surface area contributed by atoms with Crippen LogP contribution >= 0.6 is 0 Å². The minimum absolute atomic E-state index is 0.238. The molecule has 1 saturated heterocycles. The Morgan fingerprint density at radius 1 is 1.54 bits per heavy atom. The van der Waals surface area contributed by atoms with E-state index in [1.54, 1.807) is 13.8 Å². The summed E-state index contributed by atoms with van der Waals surface area (Å²) in [4.78, 5) is 21.2. The molecule has 4 nitrogen and oxygen atoms in total. The molecule has 0 N–H and O–H groups in total. The summed E-state index contributed by atoms with van der Waals surface area (Å²) in [6.07, 6.45) is 2.32. The van der Waals surface area contributed by atoms with Crippen LogP contribution < -0.4 is 0 Å². The molecule has 0 aromatic carbocycles. The van der Waals surface area contributed by atoms with Gasteiger partial charge in [0.2, 0.25) is 0 Å². The highest BCUT2D eigenvalue weighted by molar-refractivity contribution is 5.96. The van der Waals surface area contributed by atoms with Gasteiger partial charge in [-0.2, -0.15) is 0 Å². The number of carbonyl (C=O) groups is 2. The van der Waals surface area contributed by atoms with Gasteiger partial charge in [-0.3, -0.25) is 9.59 Å². The fraction of sp³-hybridized carbons (Fsp3) is 0.556. The predicted molar refractivity (Wildman–Crippen MR) is 45.1 cm³/mol. The van der Waals surface area contributed by atoms with Gasteiger partial charge in [0, 0.05) is 0 Å². The first kappa shape index (κ1) is 10.1. The molecule has 1 atom stereocenters. The topological polar surface area (TPSA) is 52.6 Å². The van der Waals surface area contributed by atoms with E-state index in [1.165, 1.54) is 6.08 Å². The van der Waals surface area contributed by atoms with E-state index >= 15 is 0 Å². The number of carbonyl (C=O) groups excluding carboxylic acids is 2. The van der Waals surface area contributed by atoms with Gasteiger partial charge in [0.25, 0.3) is 0 Å². The third-order valence-corrected chi connectivity index (χ3v) is 1.66. The number of ketones is 1. The molecule has 0 aromatic rings. The highest BCUT2D eigenvalue weighted by atomic mass is 16.7. The quantitative estimate of drug-likeness (QED) is 0.472. The fourth-order valence-corrected chi connectivity index (χ4v) is 1.07. The van der Waals surface area contributed by atoms with E-state index in [0.29, 0.717) is 6.29 Å². The molecule has 0 saturated carbocycles. The zero-order chi connectivity index (χ0) is 9.90. The van der Waals surface area contributed by atoms with Crippen molar-refractivity contribution in [1.82, 2.24) is 0 Å². The maximum Gasteiger partial charge on any atom is 0.187 e. The summed E-state index contributed by atoms with van der Waals surface area (Å²) in [5.74, 6) is -0.937. The minimum Gasteiger partial charge on any atom is -0.347 e. The van der Waals surface area contributed by atoms with Gasteiger partial charge >= 0.3 is 0 Å². The fourth-order valence-electron chi connectivity index (χ4n) is 1.07. The first-order valence-electron chi connectivity index (χ1n) is 4.02. The Hall–Kier alpha value is -1.00. The molecule has 0 radical (unpaired) electrons. The van der Waals surface area contributed by atoms with Gasteiger partial charge in [-0.05, 0) is 26.0 Å². The van der Waals surface area contributed by atoms with Crippen molar-refractivity contribution in [3.05, 3.63) is 12.2 Å². The second-order valence-corrected chi connectivity index (χ2v) is 3.21. The highest BCUT2D eigenvalue weighted by Gasteiger charge is 2.35. The average molecular weight is 184 g/mol. The molecular weight excluding hydrogens is 172 g/mol. The smallest absolute Gasteiger partial charge is 0.187 e. The van der Waals surface area contributed by atoms with E-state index < -0.39 is 11.9 Å². The predicted octanol–water partition coefficient (Wildman–Crippen LogP) is 0.462. The van der Waals surface area contributed by atoms with Crippen LogP contribution in [0.15, 0.2) is 12.2 Å². The number of rotatable bonds is 3. The Labute approximate surface area is 76.5 Å². The molecule has 1 heterocycles. The van der Waals surface area contributed by atoms with Crippen LogP contribution in [-0.4, -0.2) is 30.6 Å². The Bertz CT molecular complexity index is 242. The van der Waals surface area contributed by atoms with Crippen LogP contribution in [0.2, 0.25) is 0 Å². The van der Waals surface area contributed by atoms with E-state index in [1.807, 2.05) is 0 Å². The van der Waals surface area contributed by atoms with Crippen molar-refractivity contribution in [2.45, 2.75) is 25.7 Å². The molecule has 1 aliphatic rings. The molecule has 0 bridgehead atoms. The molecule has 1 fully saturated rings. The maximum atomic E-state index is 11.2. The van der Waals surface area contributed by atoms with Crippen LogP contribution in [0.5, 0.6) is 0 Å². The van der Waals surface area contributed by atoms with Crippen molar-refractivity contribution >= 4 is 12.1 Å². The van der Waals surface area contributed by atoms with Gasteiger partial charge < -0.3 is 9.47 Å². The summed E-state index contributed by atoms with van der Waals surface area (Å²) in [6, 6.07) is 0. The summed E-state index contributed by atoms with van der Waals surface area (Å²) in [5, 5.41) is 0. The van der Waals surface area contributed by atoms with Crippen molar-refractivity contribution in [2.24, 2.45) is 0 Å². The van der Waals surface area contributed by atoms with Gasteiger partial charge in [-0.25, -0.2) is 0 Å². The minimum atomic E-state index is -0.699. The SMILES string of the molecule is CC1(C)OCC(C(=O)/C=C/C=O)O1. The Morgan fingerprint density at radius 3 is 2.69 bits per heavy atom. The summed E-state index contributed by atoms with van der Waals surface area (Å²) < 4.78 is 10.5. The summed E-state index contributed by atoms with van der Waals surface area (Å²) in [7, 11) is 0. The molecule has 0 aromatic heterocycles. The normalized spacial score (nSPS) is 26.5. The van der Waals surface area contributed by atoms with Crippen LogP contribution in [0.3, 0.4) is 0 Å². The van der Waals surface area contributed by atoms with E-state index in [-0.39, 0.29) is 12.4 Å². The van der Waals surface area contributed by atoms with Gasteiger partial charge in [-0.15, -0.1) is 0 Å². The Morgan fingerprint density at radius 2 is 2.23 bits per heavy atom. The molecule has 4 heteroatoms. The molecule has 0 aliphatic carbocycles. The lowest BCUT2D eigenvalue weighted by Gasteiger charge is -2.15. The van der Waals surface area contributed by atoms with Gasteiger partial charge in [0.15, 0.2) is 11.6 Å². The molecule has 1 unspecified atom stereocenters. The molecule has 72 valence electrons. The summed E-state index contributed by atoms with van der Waals surface area (Å²) in [6.45, 7) is 3.72. The monoisotopic (exact) mass is 184 g/mol. The lowest BCUT2D eigenvalue weighted by Crippen LogP contribution is -2.25. The number of allylic oxidation sites excluding steroid dienone is 1. The van der Waals surface area contributed by atoms with Crippen LogP contribution in [0.1, 0.15) is 13.8 Å². The molecule has 0 spiro atoms.